The smallest absolute Gasteiger partial charge is 0.268 e. The fourth-order valence-electron chi connectivity index (χ4n) is 3.72. The summed E-state index contributed by atoms with van der Waals surface area (Å²) in [4.78, 5) is 17.4. The molecule has 2 N–H and O–H groups in total. The highest BCUT2D eigenvalue weighted by molar-refractivity contribution is 7.99. The van der Waals surface area contributed by atoms with E-state index in [1.807, 2.05) is 30.3 Å². The first-order valence-corrected chi connectivity index (χ1v) is 14.4. The number of sulfonamides is 1. The number of aromatic amines is 1. The SMILES string of the molecule is COc1ccc(N(CC(=O)NCCSc2n[nH]c(-c3ccccc3)n2)S(=O)(=O)c2cc(C)ccc2OC)cc1. The van der Waals surface area contributed by atoms with Gasteiger partial charge in [-0.25, -0.2) is 13.4 Å². The molecule has 0 aliphatic carbocycles. The van der Waals surface area contributed by atoms with Gasteiger partial charge in [-0.3, -0.25) is 14.2 Å². The van der Waals surface area contributed by atoms with Crippen molar-refractivity contribution in [1.82, 2.24) is 20.5 Å². The number of amides is 1. The molecule has 0 saturated carbocycles. The number of hydrogen-bond acceptors (Lipinski definition) is 8. The van der Waals surface area contributed by atoms with E-state index < -0.39 is 22.5 Å². The highest BCUT2D eigenvalue weighted by Gasteiger charge is 2.30. The number of aromatic nitrogens is 3. The van der Waals surface area contributed by atoms with Crippen molar-refractivity contribution in [2.75, 3.05) is 37.4 Å². The van der Waals surface area contributed by atoms with Crippen molar-refractivity contribution in [1.29, 1.82) is 0 Å². The van der Waals surface area contributed by atoms with Gasteiger partial charge in [0.25, 0.3) is 10.0 Å². The predicted octanol–water partition coefficient (Wildman–Crippen LogP) is 3.90. The van der Waals surface area contributed by atoms with Crippen LogP contribution < -0.4 is 19.1 Å². The predicted molar refractivity (Wildman–Crippen MR) is 151 cm³/mol. The van der Waals surface area contributed by atoms with Crippen molar-refractivity contribution in [3.63, 3.8) is 0 Å². The number of nitrogens with zero attached hydrogens (tertiary/aromatic N) is 3. The van der Waals surface area contributed by atoms with Gasteiger partial charge in [0, 0.05) is 17.9 Å². The number of hydrogen-bond donors (Lipinski definition) is 2. The van der Waals surface area contributed by atoms with E-state index in [1.165, 1.54) is 32.0 Å². The fraction of sp³-hybridized carbons (Fsp3) is 0.222. The number of ether oxygens (including phenoxy) is 2. The van der Waals surface area contributed by atoms with Crippen LogP contribution in [-0.2, 0) is 14.8 Å². The van der Waals surface area contributed by atoms with E-state index >= 15 is 0 Å². The van der Waals surface area contributed by atoms with Crippen molar-refractivity contribution in [3.05, 3.63) is 78.4 Å². The Morgan fingerprint density at radius 2 is 1.77 bits per heavy atom. The van der Waals surface area contributed by atoms with Crippen molar-refractivity contribution in [2.24, 2.45) is 0 Å². The lowest BCUT2D eigenvalue weighted by Gasteiger charge is -2.25. The van der Waals surface area contributed by atoms with Crippen LogP contribution in [0, 0.1) is 6.92 Å². The van der Waals surface area contributed by atoms with E-state index in [1.54, 1.807) is 43.3 Å². The van der Waals surface area contributed by atoms with Crippen molar-refractivity contribution in [2.45, 2.75) is 17.0 Å². The van der Waals surface area contributed by atoms with Gasteiger partial charge in [-0.05, 0) is 48.9 Å². The molecule has 10 nitrogen and oxygen atoms in total. The molecular weight excluding hydrogens is 538 g/mol. The third-order valence-corrected chi connectivity index (χ3v) is 8.35. The summed E-state index contributed by atoms with van der Waals surface area (Å²) in [6.45, 7) is 1.66. The zero-order valence-corrected chi connectivity index (χ0v) is 23.4. The second-order valence-corrected chi connectivity index (χ2v) is 11.3. The monoisotopic (exact) mass is 567 g/mol. The summed E-state index contributed by atoms with van der Waals surface area (Å²) in [7, 11) is -1.23. The van der Waals surface area contributed by atoms with Crippen LogP contribution in [0.4, 0.5) is 5.69 Å². The van der Waals surface area contributed by atoms with Gasteiger partial charge in [0.05, 0.1) is 19.9 Å². The Bertz CT molecular complexity index is 1510. The van der Waals surface area contributed by atoms with E-state index in [9.17, 15) is 13.2 Å². The topological polar surface area (TPSA) is 127 Å². The van der Waals surface area contributed by atoms with Crippen LogP contribution in [-0.4, -0.2) is 62.6 Å². The summed E-state index contributed by atoms with van der Waals surface area (Å²) in [6.07, 6.45) is 0. The Kier molecular flexibility index (Phi) is 9.10. The van der Waals surface area contributed by atoms with Gasteiger partial charge in [0.15, 0.2) is 5.82 Å². The molecule has 0 radical (unpaired) electrons. The number of anilines is 1. The Labute approximate surface area is 231 Å². The first kappa shape index (κ1) is 28.0. The van der Waals surface area contributed by atoms with Gasteiger partial charge in [-0.15, -0.1) is 5.10 Å². The molecule has 4 rings (SSSR count). The number of H-pyrrole nitrogens is 1. The van der Waals surface area contributed by atoms with Gasteiger partial charge in [-0.2, -0.15) is 0 Å². The summed E-state index contributed by atoms with van der Waals surface area (Å²) in [6, 6.07) is 21.0. The maximum absolute atomic E-state index is 13.8. The largest absolute Gasteiger partial charge is 0.497 e. The Morgan fingerprint density at radius 3 is 2.46 bits per heavy atom. The highest BCUT2D eigenvalue weighted by atomic mass is 32.2. The molecule has 0 spiro atoms. The number of carbonyl (C=O) groups excluding carboxylic acids is 1. The minimum absolute atomic E-state index is 0.0250. The van der Waals surface area contributed by atoms with Gasteiger partial charge in [0.2, 0.25) is 11.1 Å². The van der Waals surface area contributed by atoms with E-state index in [0.717, 1.165) is 15.4 Å². The third kappa shape index (κ3) is 6.89. The zero-order valence-electron chi connectivity index (χ0n) is 21.7. The molecule has 0 atom stereocenters. The van der Waals surface area contributed by atoms with Crippen LogP contribution in [0.3, 0.4) is 0 Å². The average molecular weight is 568 g/mol. The van der Waals surface area contributed by atoms with Crippen LogP contribution >= 0.6 is 11.8 Å². The summed E-state index contributed by atoms with van der Waals surface area (Å²) >= 11 is 1.38. The first-order valence-electron chi connectivity index (χ1n) is 12.0. The van der Waals surface area contributed by atoms with Crippen molar-refractivity contribution < 1.29 is 22.7 Å². The van der Waals surface area contributed by atoms with Crippen LogP contribution in [0.5, 0.6) is 11.5 Å². The van der Waals surface area contributed by atoms with Crippen LogP contribution in [0.15, 0.2) is 82.8 Å². The second kappa shape index (κ2) is 12.7. The van der Waals surface area contributed by atoms with E-state index in [0.29, 0.717) is 34.7 Å². The van der Waals surface area contributed by atoms with Gasteiger partial charge >= 0.3 is 0 Å². The van der Waals surface area contributed by atoms with Crippen LogP contribution in [0.1, 0.15) is 5.56 Å². The van der Waals surface area contributed by atoms with E-state index in [-0.39, 0.29) is 10.6 Å². The number of carbonyl (C=O) groups is 1. The van der Waals surface area contributed by atoms with E-state index in [4.69, 9.17) is 9.47 Å². The summed E-state index contributed by atoms with van der Waals surface area (Å²) < 4.78 is 39.2. The number of benzene rings is 3. The fourth-order valence-corrected chi connectivity index (χ4v) is 6.04. The number of rotatable bonds is 12. The van der Waals surface area contributed by atoms with Gasteiger partial charge in [-0.1, -0.05) is 48.2 Å². The minimum Gasteiger partial charge on any atom is -0.497 e. The summed E-state index contributed by atoms with van der Waals surface area (Å²) in [5.41, 5.74) is 1.99. The molecule has 0 aliphatic heterocycles. The number of thioether (sulfide) groups is 1. The lowest BCUT2D eigenvalue weighted by molar-refractivity contribution is -0.119. The Hall–Kier alpha value is -4.03. The first-order chi connectivity index (χ1) is 18.8. The van der Waals surface area contributed by atoms with Crippen LogP contribution in [0.25, 0.3) is 11.4 Å². The highest BCUT2D eigenvalue weighted by Crippen LogP contribution is 2.31. The summed E-state index contributed by atoms with van der Waals surface area (Å²) in [5, 5.41) is 10.5. The standard InChI is InChI=1S/C27H29N5O5S2/c1-19-9-14-23(37-3)24(17-19)39(34,35)32(21-10-12-22(36-2)13-11-21)18-25(33)28-15-16-38-27-29-26(30-31-27)20-7-5-4-6-8-20/h4-14,17H,15-16,18H2,1-3H3,(H,28,33)(H,29,30,31). The number of methoxy groups -OCH3 is 2. The maximum atomic E-state index is 13.8. The second-order valence-electron chi connectivity index (χ2n) is 8.40. The minimum atomic E-state index is -4.15. The molecule has 4 aromatic rings. The lowest BCUT2D eigenvalue weighted by Crippen LogP contribution is -2.41. The molecule has 1 heterocycles. The molecule has 12 heteroatoms. The van der Waals surface area contributed by atoms with Gasteiger partial charge in [0.1, 0.15) is 22.9 Å². The van der Waals surface area contributed by atoms with E-state index in [2.05, 4.69) is 20.5 Å². The van der Waals surface area contributed by atoms with Crippen molar-refractivity contribution in [3.8, 4) is 22.9 Å². The molecular formula is C27H29N5O5S2. The average Bonchev–Trinajstić information content (AvgIpc) is 3.43. The van der Waals surface area contributed by atoms with Gasteiger partial charge < -0.3 is 14.8 Å². The quantitative estimate of drug-likeness (QED) is 0.195. The zero-order chi connectivity index (χ0) is 27.8. The normalized spacial score (nSPS) is 11.2. The molecule has 0 bridgehead atoms. The third-order valence-electron chi connectivity index (χ3n) is 5.70. The van der Waals surface area contributed by atoms with Crippen molar-refractivity contribution >= 4 is 33.4 Å². The van der Waals surface area contributed by atoms with Crippen LogP contribution in [0.2, 0.25) is 0 Å². The maximum Gasteiger partial charge on any atom is 0.268 e. The molecule has 1 aromatic heterocycles. The molecule has 0 saturated heterocycles. The molecule has 0 aliphatic rings. The molecule has 0 fully saturated rings. The lowest BCUT2D eigenvalue weighted by atomic mass is 10.2. The number of aryl methyl sites for hydroxylation is 1. The Morgan fingerprint density at radius 1 is 1.03 bits per heavy atom. The molecule has 39 heavy (non-hydrogen) atoms. The molecule has 204 valence electrons. The summed E-state index contributed by atoms with van der Waals surface area (Å²) in [5.74, 6) is 1.46. The molecule has 3 aromatic carbocycles. The molecule has 1 amide bonds. The molecule has 0 unspecified atom stereocenters. The Balaban J connectivity index is 1.45. The number of nitrogens with one attached hydrogen (secondary N) is 2.